The zero-order valence-corrected chi connectivity index (χ0v) is 18.6. The summed E-state index contributed by atoms with van der Waals surface area (Å²) < 4.78 is 20.9. The standard InChI is InChI=1S/C25H27FN6O/c1-18-7-10-31(11-8-18)15-20-9-12-32-24(20)25(28-17-29-32)30-22-5-6-23(27-14-22)33-16-19-3-2-4-21(26)13-19/h2-6,9,12-14,17-18H,7-8,10-11,15-16H2,1H3,(H,28,29,30). The Morgan fingerprint density at radius 1 is 1.12 bits per heavy atom. The van der Waals surface area contributed by atoms with Crippen LogP contribution in [0.1, 0.15) is 30.9 Å². The van der Waals surface area contributed by atoms with Gasteiger partial charge < -0.3 is 10.1 Å². The molecule has 1 N–H and O–H groups in total. The van der Waals surface area contributed by atoms with Crippen molar-refractivity contribution in [3.63, 3.8) is 0 Å². The number of likely N-dealkylation sites (tertiary alicyclic amines) is 1. The van der Waals surface area contributed by atoms with Crippen LogP contribution in [0.2, 0.25) is 0 Å². The molecule has 4 aromatic rings. The first kappa shape index (κ1) is 21.3. The fourth-order valence-corrected chi connectivity index (χ4v) is 4.16. The molecule has 5 rings (SSSR count). The number of nitrogens with zero attached hydrogens (tertiary/aromatic N) is 5. The molecule has 0 atom stereocenters. The number of fused-ring (bicyclic) bond motifs is 1. The number of rotatable bonds is 7. The molecule has 8 heteroatoms. The highest BCUT2D eigenvalue weighted by Gasteiger charge is 2.18. The second-order valence-electron chi connectivity index (χ2n) is 8.63. The second-order valence-corrected chi connectivity index (χ2v) is 8.63. The second kappa shape index (κ2) is 9.54. The van der Waals surface area contributed by atoms with Crippen LogP contribution in [0.5, 0.6) is 5.88 Å². The van der Waals surface area contributed by atoms with Crippen molar-refractivity contribution < 1.29 is 9.13 Å². The molecule has 33 heavy (non-hydrogen) atoms. The molecule has 1 saturated heterocycles. The zero-order chi connectivity index (χ0) is 22.6. The van der Waals surface area contributed by atoms with E-state index in [4.69, 9.17) is 4.74 Å². The summed E-state index contributed by atoms with van der Waals surface area (Å²) in [4.78, 5) is 11.4. The lowest BCUT2D eigenvalue weighted by molar-refractivity contribution is 0.186. The predicted octanol–water partition coefficient (Wildman–Crippen LogP) is 4.82. The minimum Gasteiger partial charge on any atom is -0.473 e. The van der Waals surface area contributed by atoms with Gasteiger partial charge in [-0.15, -0.1) is 0 Å². The number of ether oxygens (including phenoxy) is 1. The summed E-state index contributed by atoms with van der Waals surface area (Å²) in [5.41, 5.74) is 3.73. The average Bonchev–Trinajstić information content (AvgIpc) is 3.24. The lowest BCUT2D eigenvalue weighted by Crippen LogP contribution is -2.32. The Kier molecular flexibility index (Phi) is 6.17. The third kappa shape index (κ3) is 5.12. The number of piperidine rings is 1. The summed E-state index contributed by atoms with van der Waals surface area (Å²) in [7, 11) is 0. The van der Waals surface area contributed by atoms with Crippen molar-refractivity contribution in [2.45, 2.75) is 32.9 Å². The maximum atomic E-state index is 13.3. The third-order valence-corrected chi connectivity index (χ3v) is 6.08. The number of anilines is 2. The first-order valence-corrected chi connectivity index (χ1v) is 11.3. The molecule has 0 radical (unpaired) electrons. The van der Waals surface area contributed by atoms with Gasteiger partial charge in [-0.2, -0.15) is 5.10 Å². The van der Waals surface area contributed by atoms with E-state index >= 15 is 0 Å². The topological polar surface area (TPSA) is 67.6 Å². The normalized spacial score (nSPS) is 15.1. The zero-order valence-electron chi connectivity index (χ0n) is 18.6. The van der Waals surface area contributed by atoms with Gasteiger partial charge in [0.05, 0.1) is 11.9 Å². The summed E-state index contributed by atoms with van der Waals surface area (Å²) in [5, 5.41) is 7.74. The van der Waals surface area contributed by atoms with Crippen LogP contribution in [0.25, 0.3) is 5.52 Å². The number of hydrogen-bond donors (Lipinski definition) is 1. The number of benzene rings is 1. The first-order chi connectivity index (χ1) is 16.1. The quantitative estimate of drug-likeness (QED) is 0.439. The Balaban J connectivity index is 1.28. The van der Waals surface area contributed by atoms with E-state index in [9.17, 15) is 4.39 Å². The van der Waals surface area contributed by atoms with Crippen LogP contribution < -0.4 is 10.1 Å². The Bertz CT molecular complexity index is 1220. The number of hydrogen-bond acceptors (Lipinski definition) is 6. The van der Waals surface area contributed by atoms with E-state index in [1.807, 2.05) is 22.8 Å². The van der Waals surface area contributed by atoms with Gasteiger partial charge in [-0.25, -0.2) is 18.9 Å². The number of aromatic nitrogens is 4. The lowest BCUT2D eigenvalue weighted by Gasteiger charge is -2.30. The minimum atomic E-state index is -0.278. The van der Waals surface area contributed by atoms with Crippen molar-refractivity contribution in [2.75, 3.05) is 18.4 Å². The molecule has 170 valence electrons. The van der Waals surface area contributed by atoms with Crippen molar-refractivity contribution in [1.82, 2.24) is 24.5 Å². The van der Waals surface area contributed by atoms with Gasteiger partial charge in [0.2, 0.25) is 5.88 Å². The molecule has 0 bridgehead atoms. The first-order valence-electron chi connectivity index (χ1n) is 11.3. The molecule has 1 aliphatic heterocycles. The van der Waals surface area contributed by atoms with Gasteiger partial charge in [-0.05, 0) is 67.2 Å². The number of halogens is 1. The third-order valence-electron chi connectivity index (χ3n) is 6.08. The minimum absolute atomic E-state index is 0.257. The molecule has 1 aliphatic rings. The van der Waals surface area contributed by atoms with Gasteiger partial charge in [0.15, 0.2) is 5.82 Å². The monoisotopic (exact) mass is 446 g/mol. The molecule has 7 nitrogen and oxygen atoms in total. The van der Waals surface area contributed by atoms with Crippen LogP contribution in [0.15, 0.2) is 61.2 Å². The van der Waals surface area contributed by atoms with Crippen molar-refractivity contribution >= 4 is 17.0 Å². The molecule has 0 aliphatic carbocycles. The molecule has 1 aromatic carbocycles. The van der Waals surface area contributed by atoms with Crippen molar-refractivity contribution in [1.29, 1.82) is 0 Å². The maximum Gasteiger partial charge on any atom is 0.213 e. The largest absolute Gasteiger partial charge is 0.473 e. The van der Waals surface area contributed by atoms with Crippen LogP contribution >= 0.6 is 0 Å². The number of nitrogens with one attached hydrogen (secondary N) is 1. The molecule has 0 spiro atoms. The summed E-state index contributed by atoms with van der Waals surface area (Å²) in [6.07, 6.45) is 7.71. The molecule has 3 aromatic heterocycles. The van der Waals surface area contributed by atoms with Crippen LogP contribution in [0.3, 0.4) is 0 Å². The van der Waals surface area contributed by atoms with Crippen LogP contribution in [0, 0.1) is 11.7 Å². The van der Waals surface area contributed by atoms with E-state index in [-0.39, 0.29) is 12.4 Å². The van der Waals surface area contributed by atoms with E-state index in [1.165, 1.54) is 30.5 Å². The highest BCUT2D eigenvalue weighted by molar-refractivity contribution is 5.76. The average molecular weight is 447 g/mol. The van der Waals surface area contributed by atoms with Gasteiger partial charge in [-0.1, -0.05) is 19.1 Å². The SMILES string of the molecule is CC1CCN(Cc2ccn3ncnc(Nc4ccc(OCc5cccc(F)c5)nc4)c23)CC1. The number of pyridine rings is 1. The summed E-state index contributed by atoms with van der Waals surface area (Å²) >= 11 is 0. The van der Waals surface area contributed by atoms with Gasteiger partial charge in [0.25, 0.3) is 0 Å². The molecule has 4 heterocycles. The van der Waals surface area contributed by atoms with Gasteiger partial charge >= 0.3 is 0 Å². The Morgan fingerprint density at radius 3 is 2.79 bits per heavy atom. The molecule has 0 saturated carbocycles. The van der Waals surface area contributed by atoms with Gasteiger partial charge in [-0.3, -0.25) is 4.90 Å². The van der Waals surface area contributed by atoms with Crippen molar-refractivity contribution in [3.8, 4) is 5.88 Å². The highest BCUT2D eigenvalue weighted by atomic mass is 19.1. The van der Waals surface area contributed by atoms with Crippen LogP contribution in [0.4, 0.5) is 15.9 Å². The molecular weight excluding hydrogens is 419 g/mol. The Labute approximate surface area is 192 Å². The van der Waals surface area contributed by atoms with E-state index in [2.05, 4.69) is 38.3 Å². The fraction of sp³-hybridized carbons (Fsp3) is 0.320. The van der Waals surface area contributed by atoms with Crippen LogP contribution in [-0.2, 0) is 13.2 Å². The van der Waals surface area contributed by atoms with Crippen molar-refractivity contribution in [2.24, 2.45) is 5.92 Å². The summed E-state index contributed by atoms with van der Waals surface area (Å²) in [6.45, 7) is 5.71. The summed E-state index contributed by atoms with van der Waals surface area (Å²) in [6, 6.07) is 12.1. The van der Waals surface area contributed by atoms with E-state index < -0.39 is 0 Å². The molecule has 0 amide bonds. The maximum absolute atomic E-state index is 13.3. The lowest BCUT2D eigenvalue weighted by atomic mass is 9.99. The fourth-order valence-electron chi connectivity index (χ4n) is 4.16. The van der Waals surface area contributed by atoms with Crippen molar-refractivity contribution in [3.05, 3.63) is 78.1 Å². The van der Waals surface area contributed by atoms with Gasteiger partial charge in [0, 0.05) is 18.8 Å². The summed E-state index contributed by atoms with van der Waals surface area (Å²) in [5.74, 6) is 1.74. The smallest absolute Gasteiger partial charge is 0.213 e. The van der Waals surface area contributed by atoms with E-state index in [0.29, 0.717) is 5.88 Å². The highest BCUT2D eigenvalue weighted by Crippen LogP contribution is 2.26. The molecule has 1 fully saturated rings. The molecule has 0 unspecified atom stereocenters. The van der Waals surface area contributed by atoms with Gasteiger partial charge in [0.1, 0.15) is 24.3 Å². The molecular formula is C25H27FN6O. The predicted molar refractivity (Wildman–Crippen MR) is 125 cm³/mol. The van der Waals surface area contributed by atoms with E-state index in [1.54, 1.807) is 24.7 Å². The Hall–Kier alpha value is -3.52. The Morgan fingerprint density at radius 2 is 2.00 bits per heavy atom. The van der Waals surface area contributed by atoms with Crippen LogP contribution in [-0.4, -0.2) is 37.6 Å². The van der Waals surface area contributed by atoms with E-state index in [0.717, 1.165) is 48.1 Å².